The van der Waals surface area contributed by atoms with Crippen molar-refractivity contribution < 1.29 is 14.1 Å². The molecule has 24 heavy (non-hydrogen) atoms. The van der Waals surface area contributed by atoms with Crippen LogP contribution in [0.2, 0.25) is 0 Å². The summed E-state index contributed by atoms with van der Waals surface area (Å²) in [7, 11) is 1.57. The Kier molecular flexibility index (Phi) is 6.31. The van der Waals surface area contributed by atoms with Gasteiger partial charge in [-0.25, -0.2) is 0 Å². The highest BCUT2D eigenvalue weighted by Gasteiger charge is 2.16. The molecule has 130 valence electrons. The normalized spacial score (nSPS) is 11.1. The van der Waals surface area contributed by atoms with Crippen molar-refractivity contribution in [2.24, 2.45) is 0 Å². The van der Waals surface area contributed by atoms with Gasteiger partial charge in [-0.05, 0) is 18.7 Å². The number of methoxy groups -OCH3 is 1. The van der Waals surface area contributed by atoms with Gasteiger partial charge in [-0.15, -0.1) is 0 Å². The summed E-state index contributed by atoms with van der Waals surface area (Å²) in [5.41, 5.74) is 0.654. The first-order chi connectivity index (χ1) is 11.5. The van der Waals surface area contributed by atoms with Crippen LogP contribution in [0.15, 0.2) is 28.8 Å². The lowest BCUT2D eigenvalue weighted by Gasteiger charge is -2.18. The minimum atomic E-state index is -0.120. The van der Waals surface area contributed by atoms with E-state index in [0.29, 0.717) is 36.2 Å². The zero-order chi connectivity index (χ0) is 17.5. The van der Waals surface area contributed by atoms with E-state index < -0.39 is 0 Å². The Morgan fingerprint density at radius 3 is 2.75 bits per heavy atom. The van der Waals surface area contributed by atoms with Gasteiger partial charge in [0.1, 0.15) is 5.75 Å². The monoisotopic (exact) mass is 332 g/mol. The summed E-state index contributed by atoms with van der Waals surface area (Å²) >= 11 is 0. The maximum Gasteiger partial charge on any atom is 0.240 e. The molecule has 1 aromatic carbocycles. The lowest BCUT2D eigenvalue weighted by Crippen LogP contribution is -2.33. The minimum Gasteiger partial charge on any atom is -0.495 e. The molecule has 0 atom stereocenters. The van der Waals surface area contributed by atoms with Crippen molar-refractivity contribution in [3.05, 3.63) is 36.0 Å². The van der Waals surface area contributed by atoms with E-state index in [1.165, 1.54) is 0 Å². The lowest BCUT2D eigenvalue weighted by molar-refractivity contribution is -0.117. The highest BCUT2D eigenvalue weighted by molar-refractivity contribution is 5.93. The number of nitrogens with zero attached hydrogens (tertiary/aromatic N) is 3. The standard InChI is InChI=1S/C17H24N4O3/c1-5-21(11-16-19-17(12(2)3)20-24-16)10-15(22)18-13-8-6-7-9-14(13)23-4/h6-9,12H,5,10-11H2,1-4H3,(H,18,22). The minimum absolute atomic E-state index is 0.120. The molecule has 2 aromatic rings. The number of para-hydroxylation sites is 2. The molecule has 0 fully saturated rings. The van der Waals surface area contributed by atoms with Crippen molar-refractivity contribution in [1.29, 1.82) is 0 Å². The molecular weight excluding hydrogens is 308 g/mol. The molecule has 0 bridgehead atoms. The Hall–Kier alpha value is -2.41. The van der Waals surface area contributed by atoms with Crippen molar-refractivity contribution in [3.8, 4) is 5.75 Å². The highest BCUT2D eigenvalue weighted by atomic mass is 16.5. The fraction of sp³-hybridized carbons (Fsp3) is 0.471. The van der Waals surface area contributed by atoms with E-state index in [4.69, 9.17) is 9.26 Å². The Morgan fingerprint density at radius 1 is 1.38 bits per heavy atom. The number of hydrogen-bond acceptors (Lipinski definition) is 6. The molecule has 1 heterocycles. The van der Waals surface area contributed by atoms with Gasteiger partial charge in [0.2, 0.25) is 11.8 Å². The van der Waals surface area contributed by atoms with Crippen molar-refractivity contribution in [3.63, 3.8) is 0 Å². The van der Waals surface area contributed by atoms with Gasteiger partial charge < -0.3 is 14.6 Å². The Bertz CT molecular complexity index is 669. The van der Waals surface area contributed by atoms with Crippen molar-refractivity contribution >= 4 is 11.6 Å². The van der Waals surface area contributed by atoms with E-state index in [1.807, 2.05) is 37.8 Å². The molecule has 7 heteroatoms. The quantitative estimate of drug-likeness (QED) is 0.800. The summed E-state index contributed by atoms with van der Waals surface area (Å²) in [6, 6.07) is 7.31. The predicted octanol–water partition coefficient (Wildman–Crippen LogP) is 2.66. The fourth-order valence-corrected chi connectivity index (χ4v) is 2.18. The number of amides is 1. The molecule has 2 rings (SSSR count). The number of benzene rings is 1. The van der Waals surface area contributed by atoms with E-state index in [0.717, 1.165) is 0 Å². The van der Waals surface area contributed by atoms with Crippen LogP contribution < -0.4 is 10.1 Å². The lowest BCUT2D eigenvalue weighted by atomic mass is 10.2. The summed E-state index contributed by atoms with van der Waals surface area (Å²) in [6.45, 7) is 7.36. The molecular formula is C17H24N4O3. The molecule has 7 nitrogen and oxygen atoms in total. The topological polar surface area (TPSA) is 80.5 Å². The predicted molar refractivity (Wildman–Crippen MR) is 91.0 cm³/mol. The number of carbonyl (C=O) groups excluding carboxylic acids is 1. The number of aromatic nitrogens is 2. The van der Waals surface area contributed by atoms with Crippen LogP contribution in [0.1, 0.15) is 38.4 Å². The van der Waals surface area contributed by atoms with Crippen molar-refractivity contribution in [2.45, 2.75) is 33.2 Å². The van der Waals surface area contributed by atoms with E-state index in [2.05, 4.69) is 15.5 Å². The first-order valence-corrected chi connectivity index (χ1v) is 8.01. The molecule has 0 radical (unpaired) electrons. The SMILES string of the molecule is CCN(CC(=O)Nc1ccccc1OC)Cc1nc(C(C)C)no1. The second-order valence-electron chi connectivity index (χ2n) is 5.75. The maximum absolute atomic E-state index is 12.3. The number of ether oxygens (including phenoxy) is 1. The molecule has 0 aliphatic rings. The molecule has 0 aliphatic carbocycles. The van der Waals surface area contributed by atoms with Crippen LogP contribution in [0.25, 0.3) is 0 Å². The summed E-state index contributed by atoms with van der Waals surface area (Å²) < 4.78 is 10.5. The van der Waals surface area contributed by atoms with E-state index in [-0.39, 0.29) is 18.4 Å². The Balaban J connectivity index is 1.95. The van der Waals surface area contributed by atoms with Gasteiger partial charge >= 0.3 is 0 Å². The third-order valence-electron chi connectivity index (χ3n) is 3.55. The zero-order valence-electron chi connectivity index (χ0n) is 14.6. The van der Waals surface area contributed by atoms with Gasteiger partial charge in [0.05, 0.1) is 25.9 Å². The molecule has 1 amide bonds. The Labute approximate surface area is 142 Å². The molecule has 0 saturated heterocycles. The average Bonchev–Trinajstić information content (AvgIpc) is 3.03. The van der Waals surface area contributed by atoms with Crippen LogP contribution >= 0.6 is 0 Å². The van der Waals surface area contributed by atoms with Crippen molar-refractivity contribution in [2.75, 3.05) is 25.5 Å². The van der Waals surface area contributed by atoms with Crippen LogP contribution in [0.4, 0.5) is 5.69 Å². The first-order valence-electron chi connectivity index (χ1n) is 8.01. The molecule has 0 saturated carbocycles. The second kappa shape index (κ2) is 8.44. The van der Waals surface area contributed by atoms with Crippen LogP contribution in [0, 0.1) is 0 Å². The van der Waals surface area contributed by atoms with Crippen LogP contribution in [0.3, 0.4) is 0 Å². The van der Waals surface area contributed by atoms with Gasteiger partial charge in [0, 0.05) is 5.92 Å². The molecule has 0 aliphatic heterocycles. The van der Waals surface area contributed by atoms with E-state index in [9.17, 15) is 4.79 Å². The third kappa shape index (κ3) is 4.79. The third-order valence-corrected chi connectivity index (χ3v) is 3.55. The van der Waals surface area contributed by atoms with Gasteiger partial charge in [-0.1, -0.05) is 38.1 Å². The highest BCUT2D eigenvalue weighted by Crippen LogP contribution is 2.22. The van der Waals surface area contributed by atoms with Gasteiger partial charge in [0.15, 0.2) is 5.82 Å². The molecule has 1 N–H and O–H groups in total. The van der Waals surface area contributed by atoms with Gasteiger partial charge in [-0.3, -0.25) is 9.69 Å². The second-order valence-corrected chi connectivity index (χ2v) is 5.75. The summed E-state index contributed by atoms with van der Waals surface area (Å²) in [6.07, 6.45) is 0. The fourth-order valence-electron chi connectivity index (χ4n) is 2.18. The first kappa shape index (κ1) is 17.9. The van der Waals surface area contributed by atoms with Crippen LogP contribution in [-0.2, 0) is 11.3 Å². The molecule has 0 unspecified atom stereocenters. The van der Waals surface area contributed by atoms with Gasteiger partial charge in [-0.2, -0.15) is 4.98 Å². The number of carbonyl (C=O) groups is 1. The number of anilines is 1. The van der Waals surface area contributed by atoms with Crippen LogP contribution in [0.5, 0.6) is 5.75 Å². The average molecular weight is 332 g/mol. The number of nitrogens with one attached hydrogen (secondary N) is 1. The smallest absolute Gasteiger partial charge is 0.240 e. The van der Waals surface area contributed by atoms with E-state index in [1.54, 1.807) is 19.2 Å². The zero-order valence-corrected chi connectivity index (χ0v) is 14.6. The molecule has 0 spiro atoms. The van der Waals surface area contributed by atoms with Crippen LogP contribution in [-0.4, -0.2) is 41.1 Å². The number of hydrogen-bond donors (Lipinski definition) is 1. The largest absolute Gasteiger partial charge is 0.495 e. The summed E-state index contributed by atoms with van der Waals surface area (Å²) in [5.74, 6) is 1.92. The van der Waals surface area contributed by atoms with Gasteiger partial charge in [0.25, 0.3) is 0 Å². The summed E-state index contributed by atoms with van der Waals surface area (Å²) in [5, 5.41) is 6.81. The summed E-state index contributed by atoms with van der Waals surface area (Å²) in [4.78, 5) is 18.6. The number of likely N-dealkylation sites (N-methyl/N-ethyl adjacent to an activating group) is 1. The van der Waals surface area contributed by atoms with E-state index >= 15 is 0 Å². The number of rotatable bonds is 8. The Morgan fingerprint density at radius 2 is 2.12 bits per heavy atom. The molecule has 1 aromatic heterocycles. The maximum atomic E-state index is 12.3. The van der Waals surface area contributed by atoms with Crippen molar-refractivity contribution in [1.82, 2.24) is 15.0 Å².